The first-order valence-corrected chi connectivity index (χ1v) is 10.3. The molecule has 28 heavy (non-hydrogen) atoms. The average molecular weight is 380 g/mol. The van der Waals surface area contributed by atoms with Crippen molar-refractivity contribution in [1.29, 1.82) is 0 Å². The lowest BCUT2D eigenvalue weighted by Crippen LogP contribution is -2.61. The fraction of sp³-hybridized carbons (Fsp3) is 0.500. The average Bonchev–Trinajstić information content (AvgIpc) is 3.39. The maximum Gasteiger partial charge on any atom is 0.248 e. The number of piperidine rings is 1. The Hall–Kier alpha value is -2.63. The Morgan fingerprint density at radius 2 is 1.86 bits per heavy atom. The molecule has 0 radical (unpaired) electrons. The van der Waals surface area contributed by atoms with Crippen molar-refractivity contribution in [3.63, 3.8) is 0 Å². The van der Waals surface area contributed by atoms with Crippen LogP contribution in [0.25, 0.3) is 0 Å². The van der Waals surface area contributed by atoms with E-state index < -0.39 is 5.54 Å². The third kappa shape index (κ3) is 3.68. The number of rotatable bonds is 6. The molecule has 2 aliphatic rings. The van der Waals surface area contributed by atoms with Gasteiger partial charge in [-0.15, -0.1) is 0 Å². The van der Waals surface area contributed by atoms with Gasteiger partial charge in [0.1, 0.15) is 5.54 Å². The highest BCUT2D eigenvalue weighted by atomic mass is 16.2. The third-order valence-corrected chi connectivity index (χ3v) is 6.19. The summed E-state index contributed by atoms with van der Waals surface area (Å²) in [7, 11) is 0. The molecule has 1 unspecified atom stereocenters. The summed E-state index contributed by atoms with van der Waals surface area (Å²) in [5, 5.41) is 6.72. The molecule has 2 saturated heterocycles. The van der Waals surface area contributed by atoms with E-state index in [9.17, 15) is 9.59 Å². The predicted octanol–water partition coefficient (Wildman–Crippen LogP) is 2.57. The van der Waals surface area contributed by atoms with Crippen LogP contribution in [0.1, 0.15) is 43.2 Å². The molecule has 4 rings (SSSR count). The number of aryl methyl sites for hydroxylation is 1. The molecule has 2 aromatic rings. The van der Waals surface area contributed by atoms with E-state index in [2.05, 4.69) is 22.3 Å². The van der Waals surface area contributed by atoms with E-state index in [0.29, 0.717) is 19.4 Å². The lowest BCUT2D eigenvalue weighted by atomic mass is 9.85. The maximum atomic E-state index is 13.4. The highest BCUT2D eigenvalue weighted by Gasteiger charge is 2.52. The van der Waals surface area contributed by atoms with Crippen molar-refractivity contribution in [2.75, 3.05) is 19.6 Å². The fourth-order valence-corrected chi connectivity index (χ4v) is 4.71. The van der Waals surface area contributed by atoms with Crippen molar-refractivity contribution < 1.29 is 9.59 Å². The standard InChI is InChI=1S/C22H28N4O2/c27-20(9-8-19-16-23-24-17-19)26-14-5-12-22(26)11-4-13-25(21(22)28)15-10-18-6-2-1-3-7-18/h1-3,6-7,16-17H,4-5,8-15H2,(H,23,24). The lowest BCUT2D eigenvalue weighted by Gasteiger charge is -2.44. The van der Waals surface area contributed by atoms with Gasteiger partial charge in [0.15, 0.2) is 0 Å². The van der Waals surface area contributed by atoms with E-state index in [1.807, 2.05) is 34.2 Å². The largest absolute Gasteiger partial charge is 0.340 e. The van der Waals surface area contributed by atoms with Crippen LogP contribution in [0.15, 0.2) is 42.7 Å². The first-order chi connectivity index (χ1) is 13.7. The quantitative estimate of drug-likeness (QED) is 0.837. The van der Waals surface area contributed by atoms with Crippen molar-refractivity contribution >= 4 is 11.8 Å². The summed E-state index contributed by atoms with van der Waals surface area (Å²) in [6, 6.07) is 10.3. The van der Waals surface area contributed by atoms with Crippen LogP contribution in [-0.4, -0.2) is 57.0 Å². The summed E-state index contributed by atoms with van der Waals surface area (Å²) >= 11 is 0. The molecule has 1 atom stereocenters. The number of aromatic nitrogens is 2. The van der Waals surface area contributed by atoms with Gasteiger partial charge in [0, 0.05) is 32.3 Å². The Morgan fingerprint density at radius 3 is 2.61 bits per heavy atom. The minimum Gasteiger partial charge on any atom is -0.340 e. The molecule has 0 bridgehead atoms. The van der Waals surface area contributed by atoms with Gasteiger partial charge >= 0.3 is 0 Å². The van der Waals surface area contributed by atoms with Crippen LogP contribution in [0.4, 0.5) is 0 Å². The van der Waals surface area contributed by atoms with Gasteiger partial charge < -0.3 is 9.80 Å². The number of nitrogens with one attached hydrogen (secondary N) is 1. The molecule has 3 heterocycles. The van der Waals surface area contributed by atoms with Crippen molar-refractivity contribution in [3.8, 4) is 0 Å². The molecular weight excluding hydrogens is 352 g/mol. The van der Waals surface area contributed by atoms with Crippen LogP contribution >= 0.6 is 0 Å². The minimum absolute atomic E-state index is 0.0944. The molecule has 0 saturated carbocycles. The van der Waals surface area contributed by atoms with Crippen LogP contribution < -0.4 is 0 Å². The molecule has 2 amide bonds. The normalized spacial score (nSPS) is 22.2. The topological polar surface area (TPSA) is 69.3 Å². The van der Waals surface area contributed by atoms with Crippen LogP contribution in [0.5, 0.6) is 0 Å². The second-order valence-corrected chi connectivity index (χ2v) is 7.92. The van der Waals surface area contributed by atoms with Crippen LogP contribution in [-0.2, 0) is 22.4 Å². The molecule has 1 aromatic heterocycles. The Kier molecular flexibility index (Phi) is 5.46. The van der Waals surface area contributed by atoms with E-state index in [-0.39, 0.29) is 11.8 Å². The number of aromatic amines is 1. The van der Waals surface area contributed by atoms with Gasteiger partial charge in [-0.1, -0.05) is 30.3 Å². The maximum absolute atomic E-state index is 13.4. The zero-order valence-corrected chi connectivity index (χ0v) is 16.3. The number of hydrogen-bond donors (Lipinski definition) is 1. The van der Waals surface area contributed by atoms with Gasteiger partial charge in [0.2, 0.25) is 11.8 Å². The first kappa shape index (κ1) is 18.7. The number of amides is 2. The van der Waals surface area contributed by atoms with Crippen LogP contribution in [0, 0.1) is 0 Å². The first-order valence-electron chi connectivity index (χ1n) is 10.3. The molecule has 0 aliphatic carbocycles. The molecule has 6 nitrogen and oxygen atoms in total. The zero-order chi connectivity index (χ0) is 19.4. The number of H-pyrrole nitrogens is 1. The number of carbonyl (C=O) groups excluding carboxylic acids is 2. The van der Waals surface area contributed by atoms with E-state index in [1.54, 1.807) is 6.20 Å². The Bertz CT molecular complexity index is 805. The monoisotopic (exact) mass is 380 g/mol. The molecule has 148 valence electrons. The Labute approximate surface area is 165 Å². The number of nitrogens with zero attached hydrogens (tertiary/aromatic N) is 3. The summed E-state index contributed by atoms with van der Waals surface area (Å²) < 4.78 is 0. The molecule has 2 fully saturated rings. The number of likely N-dealkylation sites (tertiary alicyclic amines) is 2. The van der Waals surface area contributed by atoms with Crippen LogP contribution in [0.2, 0.25) is 0 Å². The van der Waals surface area contributed by atoms with E-state index in [1.165, 1.54) is 5.56 Å². The smallest absolute Gasteiger partial charge is 0.248 e. The second kappa shape index (κ2) is 8.17. The Balaban J connectivity index is 1.42. The molecule has 1 spiro atoms. The van der Waals surface area contributed by atoms with Gasteiger partial charge in [0.25, 0.3) is 0 Å². The van der Waals surface area contributed by atoms with Gasteiger partial charge in [-0.25, -0.2) is 0 Å². The molecule has 1 aromatic carbocycles. The van der Waals surface area contributed by atoms with E-state index in [0.717, 1.165) is 50.8 Å². The highest BCUT2D eigenvalue weighted by molar-refractivity contribution is 5.92. The van der Waals surface area contributed by atoms with Gasteiger partial charge in [-0.3, -0.25) is 14.7 Å². The highest BCUT2D eigenvalue weighted by Crippen LogP contribution is 2.38. The Morgan fingerprint density at radius 1 is 1.07 bits per heavy atom. The minimum atomic E-state index is -0.609. The van der Waals surface area contributed by atoms with Crippen molar-refractivity contribution in [2.24, 2.45) is 0 Å². The van der Waals surface area contributed by atoms with Crippen molar-refractivity contribution in [1.82, 2.24) is 20.0 Å². The predicted molar refractivity (Wildman–Crippen MR) is 107 cm³/mol. The lowest BCUT2D eigenvalue weighted by molar-refractivity contribution is -0.155. The van der Waals surface area contributed by atoms with Gasteiger partial charge in [-0.05, 0) is 49.7 Å². The fourth-order valence-electron chi connectivity index (χ4n) is 4.71. The van der Waals surface area contributed by atoms with Gasteiger partial charge in [-0.2, -0.15) is 5.10 Å². The number of benzene rings is 1. The molecular formula is C22H28N4O2. The molecule has 6 heteroatoms. The summed E-state index contributed by atoms with van der Waals surface area (Å²) in [5.41, 5.74) is 1.66. The molecule has 2 aliphatic heterocycles. The van der Waals surface area contributed by atoms with Crippen LogP contribution in [0.3, 0.4) is 0 Å². The summed E-state index contributed by atoms with van der Waals surface area (Å²) in [6.07, 6.45) is 9.00. The second-order valence-electron chi connectivity index (χ2n) is 7.92. The summed E-state index contributed by atoms with van der Waals surface area (Å²) in [4.78, 5) is 30.3. The van der Waals surface area contributed by atoms with Crippen molar-refractivity contribution in [2.45, 2.75) is 50.5 Å². The summed E-state index contributed by atoms with van der Waals surface area (Å²) in [5.74, 6) is 0.251. The molecule has 1 N–H and O–H groups in total. The van der Waals surface area contributed by atoms with E-state index >= 15 is 0 Å². The number of carbonyl (C=O) groups is 2. The zero-order valence-electron chi connectivity index (χ0n) is 16.3. The summed E-state index contributed by atoms with van der Waals surface area (Å²) in [6.45, 7) is 2.22. The third-order valence-electron chi connectivity index (χ3n) is 6.19. The van der Waals surface area contributed by atoms with Crippen molar-refractivity contribution in [3.05, 3.63) is 53.9 Å². The van der Waals surface area contributed by atoms with Gasteiger partial charge in [0.05, 0.1) is 6.20 Å². The number of hydrogen-bond acceptors (Lipinski definition) is 3. The van der Waals surface area contributed by atoms with E-state index in [4.69, 9.17) is 0 Å². The SMILES string of the molecule is O=C(CCc1cn[nH]c1)N1CCCC12CCCN(CCc1ccccc1)C2=O.